The van der Waals surface area contributed by atoms with Crippen LogP contribution in [0.2, 0.25) is 0 Å². The summed E-state index contributed by atoms with van der Waals surface area (Å²) in [6, 6.07) is 23.5. The molecule has 0 saturated carbocycles. The van der Waals surface area contributed by atoms with Crippen LogP contribution in [0.3, 0.4) is 0 Å². The van der Waals surface area contributed by atoms with Crippen LogP contribution in [0.15, 0.2) is 99.3 Å². The van der Waals surface area contributed by atoms with Crippen LogP contribution < -0.4 is 4.90 Å². The zero-order valence-electron chi connectivity index (χ0n) is 16.2. The van der Waals surface area contributed by atoms with Gasteiger partial charge < -0.3 is 9.32 Å². The SMILES string of the molecule is CN(Cc1ccccc1)c1oc(-c2ccccc2F)nc1S(=O)(=O)c1ccccc1. The van der Waals surface area contributed by atoms with Gasteiger partial charge in [-0.2, -0.15) is 4.98 Å². The zero-order chi connectivity index (χ0) is 21.1. The van der Waals surface area contributed by atoms with Crippen LogP contribution in [-0.4, -0.2) is 20.4 Å². The highest BCUT2D eigenvalue weighted by atomic mass is 32.2. The first-order chi connectivity index (χ1) is 14.5. The quantitative estimate of drug-likeness (QED) is 0.440. The van der Waals surface area contributed by atoms with E-state index in [0.29, 0.717) is 6.54 Å². The van der Waals surface area contributed by atoms with Gasteiger partial charge in [0.1, 0.15) is 5.82 Å². The molecule has 0 radical (unpaired) electrons. The predicted octanol–water partition coefficient (Wildman–Crippen LogP) is 4.95. The molecular weight excluding hydrogens is 403 g/mol. The lowest BCUT2D eigenvalue weighted by Crippen LogP contribution is -2.18. The smallest absolute Gasteiger partial charge is 0.236 e. The van der Waals surface area contributed by atoms with Gasteiger partial charge in [0.15, 0.2) is 0 Å². The maximum atomic E-state index is 14.3. The fraction of sp³-hybridized carbons (Fsp3) is 0.0870. The van der Waals surface area contributed by atoms with E-state index in [1.54, 1.807) is 42.3 Å². The third-order valence-corrected chi connectivity index (χ3v) is 6.27. The number of hydrogen-bond acceptors (Lipinski definition) is 5. The summed E-state index contributed by atoms with van der Waals surface area (Å²) in [6.07, 6.45) is 0. The van der Waals surface area contributed by atoms with Crippen LogP contribution in [0, 0.1) is 5.82 Å². The molecule has 0 spiro atoms. The van der Waals surface area contributed by atoms with Gasteiger partial charge in [0.05, 0.1) is 10.5 Å². The van der Waals surface area contributed by atoms with Crippen molar-refractivity contribution in [3.8, 4) is 11.5 Å². The standard InChI is InChI=1S/C23H19FN2O3S/c1-26(16-17-10-4-2-5-11-17)23-22(30(27,28)18-12-6-3-7-13-18)25-21(29-23)19-14-8-9-15-20(19)24/h2-15H,16H2,1H3. The molecule has 5 nitrogen and oxygen atoms in total. The number of halogens is 1. The summed E-state index contributed by atoms with van der Waals surface area (Å²) >= 11 is 0. The Bertz CT molecular complexity index is 1260. The maximum Gasteiger partial charge on any atom is 0.236 e. The highest BCUT2D eigenvalue weighted by molar-refractivity contribution is 7.91. The molecule has 4 aromatic rings. The first-order valence-corrected chi connectivity index (χ1v) is 10.8. The third-order valence-electron chi connectivity index (χ3n) is 4.60. The molecule has 0 aliphatic heterocycles. The molecular formula is C23H19FN2O3S. The van der Waals surface area contributed by atoms with Crippen molar-refractivity contribution in [1.82, 2.24) is 4.98 Å². The first kappa shape index (κ1) is 19.8. The van der Waals surface area contributed by atoms with E-state index in [0.717, 1.165) is 5.56 Å². The minimum absolute atomic E-state index is 0.0564. The lowest BCUT2D eigenvalue weighted by Gasteiger charge is -2.17. The minimum atomic E-state index is -3.98. The Hall–Kier alpha value is -3.45. The summed E-state index contributed by atoms with van der Waals surface area (Å²) in [5.74, 6) is -0.571. The van der Waals surface area contributed by atoms with E-state index in [1.165, 1.54) is 24.3 Å². The molecule has 4 rings (SSSR count). The highest BCUT2D eigenvalue weighted by Crippen LogP contribution is 2.35. The van der Waals surface area contributed by atoms with E-state index in [1.807, 2.05) is 30.3 Å². The molecule has 30 heavy (non-hydrogen) atoms. The van der Waals surface area contributed by atoms with Crippen molar-refractivity contribution in [1.29, 1.82) is 0 Å². The average molecular weight is 422 g/mol. The number of benzene rings is 3. The Labute approximate surface area is 174 Å². The maximum absolute atomic E-state index is 14.3. The summed E-state index contributed by atoms with van der Waals surface area (Å²) < 4.78 is 46.7. The average Bonchev–Trinajstić information content (AvgIpc) is 3.22. The van der Waals surface area contributed by atoms with Crippen LogP contribution in [0.5, 0.6) is 0 Å². The number of rotatable bonds is 6. The van der Waals surface area contributed by atoms with Gasteiger partial charge in [0.25, 0.3) is 0 Å². The van der Waals surface area contributed by atoms with Crippen LogP contribution in [-0.2, 0) is 16.4 Å². The Morgan fingerprint density at radius 2 is 1.50 bits per heavy atom. The molecule has 0 aliphatic rings. The van der Waals surface area contributed by atoms with Crippen LogP contribution in [0.4, 0.5) is 10.3 Å². The Kier molecular flexibility index (Phi) is 5.37. The number of sulfone groups is 1. The molecule has 0 aliphatic carbocycles. The van der Waals surface area contributed by atoms with Gasteiger partial charge in [-0.3, -0.25) is 0 Å². The minimum Gasteiger partial charge on any atom is -0.419 e. The molecule has 0 N–H and O–H groups in total. The second-order valence-electron chi connectivity index (χ2n) is 6.77. The monoisotopic (exact) mass is 422 g/mol. The fourth-order valence-electron chi connectivity index (χ4n) is 3.10. The Morgan fingerprint density at radius 3 is 2.17 bits per heavy atom. The van der Waals surface area contributed by atoms with Crippen molar-refractivity contribution in [2.45, 2.75) is 16.5 Å². The summed E-state index contributed by atoms with van der Waals surface area (Å²) in [6.45, 7) is 0.393. The lowest BCUT2D eigenvalue weighted by atomic mass is 10.2. The predicted molar refractivity (Wildman–Crippen MR) is 112 cm³/mol. The molecule has 152 valence electrons. The molecule has 0 amide bonds. The number of oxazole rings is 1. The fourth-order valence-corrected chi connectivity index (χ4v) is 4.47. The third kappa shape index (κ3) is 3.84. The van der Waals surface area contributed by atoms with Crippen LogP contribution in [0.1, 0.15) is 5.56 Å². The summed E-state index contributed by atoms with van der Waals surface area (Å²) in [5, 5.41) is -0.245. The number of nitrogens with zero attached hydrogens (tertiary/aromatic N) is 2. The van der Waals surface area contributed by atoms with Crippen molar-refractivity contribution in [3.05, 3.63) is 96.3 Å². The molecule has 0 atom stereocenters. The van der Waals surface area contributed by atoms with Crippen molar-refractivity contribution >= 4 is 15.7 Å². The van der Waals surface area contributed by atoms with Crippen molar-refractivity contribution < 1.29 is 17.2 Å². The van der Waals surface area contributed by atoms with E-state index in [9.17, 15) is 12.8 Å². The Balaban J connectivity index is 1.84. The van der Waals surface area contributed by atoms with E-state index < -0.39 is 15.7 Å². The largest absolute Gasteiger partial charge is 0.419 e. The van der Waals surface area contributed by atoms with Gasteiger partial charge in [-0.25, -0.2) is 12.8 Å². The summed E-state index contributed by atoms with van der Waals surface area (Å²) in [4.78, 5) is 5.96. The lowest BCUT2D eigenvalue weighted by molar-refractivity contribution is 0.546. The van der Waals surface area contributed by atoms with Crippen molar-refractivity contribution in [2.24, 2.45) is 0 Å². The molecule has 0 bridgehead atoms. The normalized spacial score (nSPS) is 11.4. The second kappa shape index (κ2) is 8.12. The van der Waals surface area contributed by atoms with E-state index in [4.69, 9.17) is 4.42 Å². The van der Waals surface area contributed by atoms with Gasteiger partial charge in [-0.15, -0.1) is 0 Å². The van der Waals surface area contributed by atoms with Gasteiger partial charge in [0.2, 0.25) is 26.6 Å². The van der Waals surface area contributed by atoms with Crippen molar-refractivity contribution in [2.75, 3.05) is 11.9 Å². The van der Waals surface area contributed by atoms with Crippen LogP contribution >= 0.6 is 0 Å². The molecule has 0 unspecified atom stereocenters. The number of anilines is 1. The van der Waals surface area contributed by atoms with E-state index in [2.05, 4.69) is 4.98 Å². The molecule has 7 heteroatoms. The molecule has 1 heterocycles. The molecule has 0 fully saturated rings. The highest BCUT2D eigenvalue weighted by Gasteiger charge is 2.31. The van der Waals surface area contributed by atoms with Crippen molar-refractivity contribution in [3.63, 3.8) is 0 Å². The van der Waals surface area contributed by atoms with Gasteiger partial charge in [-0.05, 0) is 29.8 Å². The molecule has 1 aromatic heterocycles. The van der Waals surface area contributed by atoms with Gasteiger partial charge in [-0.1, -0.05) is 60.7 Å². The van der Waals surface area contributed by atoms with E-state index >= 15 is 0 Å². The van der Waals surface area contributed by atoms with Gasteiger partial charge >= 0.3 is 0 Å². The van der Waals surface area contributed by atoms with Crippen LogP contribution in [0.25, 0.3) is 11.5 Å². The number of aromatic nitrogens is 1. The second-order valence-corrected chi connectivity index (χ2v) is 8.63. The van der Waals surface area contributed by atoms with E-state index in [-0.39, 0.29) is 27.3 Å². The molecule has 0 saturated heterocycles. The zero-order valence-corrected chi connectivity index (χ0v) is 17.0. The van der Waals surface area contributed by atoms with Gasteiger partial charge in [0, 0.05) is 13.6 Å². The number of hydrogen-bond donors (Lipinski definition) is 0. The molecule has 3 aromatic carbocycles. The Morgan fingerprint density at radius 1 is 0.900 bits per heavy atom. The first-order valence-electron chi connectivity index (χ1n) is 9.28. The summed E-state index contributed by atoms with van der Waals surface area (Å²) in [5.41, 5.74) is 1.06. The topological polar surface area (TPSA) is 63.4 Å². The summed E-state index contributed by atoms with van der Waals surface area (Å²) in [7, 11) is -2.26.